The number of anilines is 2. The highest BCUT2D eigenvalue weighted by molar-refractivity contribution is 5.36. The zero-order chi connectivity index (χ0) is 13.1. The summed E-state index contributed by atoms with van der Waals surface area (Å²) in [5, 5.41) is 0. The highest BCUT2D eigenvalue weighted by Gasteiger charge is 2.20. The summed E-state index contributed by atoms with van der Waals surface area (Å²) >= 11 is 0. The predicted molar refractivity (Wildman–Crippen MR) is 73.2 cm³/mol. The smallest absolute Gasteiger partial charge is 0.323 e. The Morgan fingerprint density at radius 1 is 0.947 bits per heavy atom. The Hall–Kier alpha value is -1.59. The van der Waals surface area contributed by atoms with Gasteiger partial charge in [0.05, 0.1) is 0 Å². The van der Waals surface area contributed by atoms with Gasteiger partial charge in [0.15, 0.2) is 0 Å². The Labute approximate surface area is 113 Å². The summed E-state index contributed by atoms with van der Waals surface area (Å²) in [4.78, 5) is 14.9. The van der Waals surface area contributed by atoms with Gasteiger partial charge in [-0.15, -0.1) is 0 Å². The second-order valence-corrected chi connectivity index (χ2v) is 5.35. The monoisotopic (exact) mass is 263 g/mol. The standard InChI is InChI=1S/C13H21N5O/c14-11-15-12(18-8-4-5-9-18)17-13(16-11)19-10-6-2-1-3-7-10/h10H,1-9H2,(H2,14,15,16,17). The van der Waals surface area contributed by atoms with Crippen molar-refractivity contribution in [3.05, 3.63) is 0 Å². The summed E-state index contributed by atoms with van der Waals surface area (Å²) in [6.45, 7) is 1.98. The van der Waals surface area contributed by atoms with Crippen LogP contribution in [-0.4, -0.2) is 34.1 Å². The normalized spacial score (nSPS) is 20.7. The van der Waals surface area contributed by atoms with Gasteiger partial charge < -0.3 is 15.4 Å². The number of aromatic nitrogens is 3. The lowest BCUT2D eigenvalue weighted by molar-refractivity contribution is 0.142. The van der Waals surface area contributed by atoms with Crippen LogP contribution in [0, 0.1) is 0 Å². The lowest BCUT2D eigenvalue weighted by Crippen LogP contribution is -2.24. The largest absolute Gasteiger partial charge is 0.460 e. The summed E-state index contributed by atoms with van der Waals surface area (Å²) < 4.78 is 5.87. The molecule has 19 heavy (non-hydrogen) atoms. The van der Waals surface area contributed by atoms with Gasteiger partial charge in [-0.3, -0.25) is 0 Å². The van der Waals surface area contributed by atoms with Gasteiger partial charge in [-0.2, -0.15) is 15.0 Å². The van der Waals surface area contributed by atoms with Gasteiger partial charge in [-0.05, 0) is 38.5 Å². The van der Waals surface area contributed by atoms with Gasteiger partial charge >= 0.3 is 6.01 Å². The third kappa shape index (κ3) is 3.05. The topological polar surface area (TPSA) is 77.2 Å². The van der Waals surface area contributed by atoms with E-state index in [1.807, 2.05) is 0 Å². The van der Waals surface area contributed by atoms with Crippen LogP contribution in [0.5, 0.6) is 6.01 Å². The first-order chi connectivity index (χ1) is 9.31. The van der Waals surface area contributed by atoms with Crippen LogP contribution in [0.15, 0.2) is 0 Å². The molecular weight excluding hydrogens is 242 g/mol. The number of nitrogens with two attached hydrogens (primary N) is 1. The molecule has 6 nitrogen and oxygen atoms in total. The molecule has 2 heterocycles. The maximum atomic E-state index is 5.87. The molecule has 0 spiro atoms. The van der Waals surface area contributed by atoms with Gasteiger partial charge in [-0.1, -0.05) is 6.42 Å². The summed E-state index contributed by atoms with van der Waals surface area (Å²) in [6.07, 6.45) is 8.54. The van der Waals surface area contributed by atoms with Crippen molar-refractivity contribution in [3.8, 4) is 6.01 Å². The van der Waals surface area contributed by atoms with Crippen molar-refractivity contribution in [1.82, 2.24) is 15.0 Å². The molecule has 1 aromatic heterocycles. The number of rotatable bonds is 3. The van der Waals surface area contributed by atoms with Crippen molar-refractivity contribution < 1.29 is 4.74 Å². The Morgan fingerprint density at radius 2 is 1.68 bits per heavy atom. The van der Waals surface area contributed by atoms with Crippen molar-refractivity contribution in [2.24, 2.45) is 0 Å². The fraction of sp³-hybridized carbons (Fsp3) is 0.769. The molecule has 1 saturated heterocycles. The Morgan fingerprint density at radius 3 is 2.42 bits per heavy atom. The minimum atomic E-state index is 0.238. The number of nitrogen functional groups attached to an aromatic ring is 1. The fourth-order valence-corrected chi connectivity index (χ4v) is 2.80. The number of hydrogen-bond acceptors (Lipinski definition) is 6. The van der Waals surface area contributed by atoms with Crippen LogP contribution in [0.4, 0.5) is 11.9 Å². The molecule has 2 N–H and O–H groups in total. The summed E-state index contributed by atoms with van der Waals surface area (Å²) in [5.41, 5.74) is 5.76. The van der Waals surface area contributed by atoms with Gasteiger partial charge in [-0.25, -0.2) is 0 Å². The van der Waals surface area contributed by atoms with Crippen molar-refractivity contribution >= 4 is 11.9 Å². The number of ether oxygens (including phenoxy) is 1. The number of hydrogen-bond donors (Lipinski definition) is 1. The lowest BCUT2D eigenvalue weighted by atomic mass is 9.98. The third-order valence-electron chi connectivity index (χ3n) is 3.83. The molecule has 0 unspecified atom stereocenters. The van der Waals surface area contributed by atoms with Crippen LogP contribution in [-0.2, 0) is 0 Å². The molecular formula is C13H21N5O. The number of nitrogens with zero attached hydrogens (tertiary/aromatic N) is 4. The zero-order valence-electron chi connectivity index (χ0n) is 11.2. The average molecular weight is 263 g/mol. The maximum Gasteiger partial charge on any atom is 0.323 e. The third-order valence-corrected chi connectivity index (χ3v) is 3.83. The molecule has 2 fully saturated rings. The van der Waals surface area contributed by atoms with Crippen LogP contribution in [0.25, 0.3) is 0 Å². The minimum absolute atomic E-state index is 0.238. The van der Waals surface area contributed by atoms with E-state index >= 15 is 0 Å². The van der Waals surface area contributed by atoms with Crippen molar-refractivity contribution in [1.29, 1.82) is 0 Å². The molecule has 3 rings (SSSR count). The zero-order valence-corrected chi connectivity index (χ0v) is 11.2. The molecule has 0 radical (unpaired) electrons. The maximum absolute atomic E-state index is 5.87. The summed E-state index contributed by atoms with van der Waals surface area (Å²) in [6, 6.07) is 0.390. The molecule has 0 amide bonds. The Bertz CT molecular complexity index is 427. The molecule has 6 heteroatoms. The van der Waals surface area contributed by atoms with E-state index in [1.54, 1.807) is 0 Å². The van der Waals surface area contributed by atoms with Gasteiger partial charge in [0.2, 0.25) is 11.9 Å². The van der Waals surface area contributed by atoms with Crippen LogP contribution in [0.1, 0.15) is 44.9 Å². The first-order valence-corrected chi connectivity index (χ1v) is 7.24. The van der Waals surface area contributed by atoms with E-state index in [0.29, 0.717) is 12.0 Å². The highest BCUT2D eigenvalue weighted by Crippen LogP contribution is 2.23. The second-order valence-electron chi connectivity index (χ2n) is 5.35. The van der Waals surface area contributed by atoms with E-state index in [9.17, 15) is 0 Å². The predicted octanol–water partition coefficient (Wildman–Crippen LogP) is 1.77. The fourth-order valence-electron chi connectivity index (χ4n) is 2.80. The van der Waals surface area contributed by atoms with Crippen molar-refractivity contribution in [2.75, 3.05) is 23.7 Å². The van der Waals surface area contributed by atoms with Gasteiger partial charge in [0.25, 0.3) is 0 Å². The molecule has 1 aromatic rings. The molecule has 0 atom stereocenters. The Kier molecular flexibility index (Phi) is 3.66. The highest BCUT2D eigenvalue weighted by atomic mass is 16.5. The summed E-state index contributed by atoms with van der Waals surface area (Å²) in [5.74, 6) is 0.915. The van der Waals surface area contributed by atoms with E-state index in [-0.39, 0.29) is 12.1 Å². The second kappa shape index (κ2) is 5.59. The van der Waals surface area contributed by atoms with Crippen LogP contribution < -0.4 is 15.4 Å². The average Bonchev–Trinajstić information content (AvgIpc) is 2.93. The van der Waals surface area contributed by atoms with E-state index in [1.165, 1.54) is 32.1 Å². The SMILES string of the molecule is Nc1nc(OC2CCCCC2)nc(N2CCCC2)n1. The first-order valence-electron chi connectivity index (χ1n) is 7.24. The first kappa shape index (κ1) is 12.4. The molecule has 1 aliphatic heterocycles. The molecule has 1 saturated carbocycles. The molecule has 0 aromatic carbocycles. The summed E-state index contributed by atoms with van der Waals surface area (Å²) in [7, 11) is 0. The Balaban J connectivity index is 1.73. The van der Waals surface area contributed by atoms with Gasteiger partial charge in [0, 0.05) is 13.1 Å². The van der Waals surface area contributed by atoms with E-state index < -0.39 is 0 Å². The van der Waals surface area contributed by atoms with Gasteiger partial charge in [0.1, 0.15) is 6.10 Å². The molecule has 0 bridgehead atoms. The van der Waals surface area contributed by atoms with Crippen LogP contribution >= 0.6 is 0 Å². The van der Waals surface area contributed by atoms with Crippen LogP contribution in [0.2, 0.25) is 0 Å². The van der Waals surface area contributed by atoms with E-state index in [0.717, 1.165) is 25.9 Å². The minimum Gasteiger partial charge on any atom is -0.460 e. The van der Waals surface area contributed by atoms with Crippen LogP contribution in [0.3, 0.4) is 0 Å². The van der Waals surface area contributed by atoms with E-state index in [4.69, 9.17) is 10.5 Å². The van der Waals surface area contributed by atoms with E-state index in [2.05, 4.69) is 19.9 Å². The quantitative estimate of drug-likeness (QED) is 0.895. The molecule has 2 aliphatic rings. The molecule has 104 valence electrons. The molecule has 1 aliphatic carbocycles. The lowest BCUT2D eigenvalue weighted by Gasteiger charge is -2.22. The van der Waals surface area contributed by atoms with Crippen molar-refractivity contribution in [2.45, 2.75) is 51.0 Å². The van der Waals surface area contributed by atoms with Crippen molar-refractivity contribution in [3.63, 3.8) is 0 Å².